The first-order chi connectivity index (χ1) is 14.7. The lowest BCUT2D eigenvalue weighted by Crippen LogP contribution is -2.29. The third-order valence-electron chi connectivity index (χ3n) is 4.08. The molecule has 1 unspecified atom stereocenters. The number of hydrogen-bond acceptors (Lipinski definition) is 5. The van der Waals surface area contributed by atoms with E-state index in [1.807, 2.05) is 18.2 Å². The average molecular weight is 430 g/mol. The second-order valence-electron chi connectivity index (χ2n) is 6.40. The zero-order chi connectivity index (χ0) is 22.4. The van der Waals surface area contributed by atoms with E-state index in [4.69, 9.17) is 4.74 Å². The molecule has 9 heteroatoms. The van der Waals surface area contributed by atoms with E-state index in [1.54, 1.807) is 24.4 Å². The normalized spacial score (nSPS) is 12.5. The van der Waals surface area contributed by atoms with Crippen LogP contribution in [0.15, 0.2) is 66.9 Å². The van der Waals surface area contributed by atoms with Gasteiger partial charge in [-0.15, -0.1) is 13.2 Å². The lowest BCUT2D eigenvalue weighted by atomic mass is 10.1. The van der Waals surface area contributed by atoms with Gasteiger partial charge in [0, 0.05) is 28.9 Å². The number of anilines is 1. The third kappa shape index (κ3) is 6.30. The molecule has 0 fully saturated rings. The first-order valence-corrected chi connectivity index (χ1v) is 9.10. The van der Waals surface area contributed by atoms with Gasteiger partial charge in [-0.3, -0.25) is 9.78 Å². The van der Waals surface area contributed by atoms with E-state index in [-0.39, 0.29) is 5.69 Å². The van der Waals surface area contributed by atoms with E-state index in [2.05, 4.69) is 15.0 Å². The summed E-state index contributed by atoms with van der Waals surface area (Å²) in [5.74, 6) is -1.79. The Hall–Kier alpha value is -3.88. The maximum Gasteiger partial charge on any atom is 0.573 e. The fraction of sp³-hybridized carbons (Fsp3) is 0.136. The van der Waals surface area contributed by atoms with Crippen molar-refractivity contribution in [2.45, 2.75) is 19.4 Å². The monoisotopic (exact) mass is 430 g/mol. The van der Waals surface area contributed by atoms with Crippen LogP contribution in [0.1, 0.15) is 12.5 Å². The molecule has 0 aliphatic rings. The summed E-state index contributed by atoms with van der Waals surface area (Å²) in [7, 11) is 0. The minimum absolute atomic E-state index is 0.222. The SMILES string of the molecule is CC(OC(=O)/C=C/c1cccc2cccnc12)C(=O)Nc1ccc(OC(F)(F)F)cc1. The van der Waals surface area contributed by atoms with Crippen LogP contribution in [0.4, 0.5) is 18.9 Å². The van der Waals surface area contributed by atoms with Gasteiger partial charge in [0.25, 0.3) is 5.91 Å². The molecule has 6 nitrogen and oxygen atoms in total. The highest BCUT2D eigenvalue weighted by Gasteiger charge is 2.31. The topological polar surface area (TPSA) is 77.5 Å². The highest BCUT2D eigenvalue weighted by molar-refractivity contribution is 5.97. The Kier molecular flexibility index (Phi) is 6.54. The summed E-state index contributed by atoms with van der Waals surface area (Å²) in [6.45, 7) is 1.38. The Morgan fingerprint density at radius 3 is 2.48 bits per heavy atom. The molecule has 1 heterocycles. The number of amides is 1. The molecule has 0 spiro atoms. The number of nitrogens with zero attached hydrogens (tertiary/aromatic N) is 1. The number of fused-ring (bicyclic) bond motifs is 1. The van der Waals surface area contributed by atoms with Crippen LogP contribution < -0.4 is 10.1 Å². The molecule has 31 heavy (non-hydrogen) atoms. The van der Waals surface area contributed by atoms with Crippen molar-refractivity contribution >= 4 is 34.5 Å². The van der Waals surface area contributed by atoms with E-state index in [0.29, 0.717) is 5.56 Å². The number of carbonyl (C=O) groups excluding carboxylic acids is 2. The first-order valence-electron chi connectivity index (χ1n) is 9.10. The Balaban J connectivity index is 1.56. The number of esters is 1. The lowest BCUT2D eigenvalue weighted by Gasteiger charge is -2.13. The van der Waals surface area contributed by atoms with E-state index in [9.17, 15) is 22.8 Å². The zero-order valence-corrected chi connectivity index (χ0v) is 16.2. The smallest absolute Gasteiger partial charge is 0.449 e. The summed E-state index contributed by atoms with van der Waals surface area (Å²) in [6, 6.07) is 13.8. The van der Waals surface area contributed by atoms with Crippen molar-refractivity contribution in [3.63, 3.8) is 0 Å². The maximum absolute atomic E-state index is 12.2. The number of ether oxygens (including phenoxy) is 2. The molecule has 3 aromatic rings. The van der Waals surface area contributed by atoms with Crippen LogP contribution in [0, 0.1) is 0 Å². The van der Waals surface area contributed by atoms with Crippen LogP contribution in [-0.2, 0) is 14.3 Å². The van der Waals surface area contributed by atoms with Crippen molar-refractivity contribution in [1.82, 2.24) is 4.98 Å². The first kappa shape index (κ1) is 21.8. The van der Waals surface area contributed by atoms with Crippen LogP contribution in [0.5, 0.6) is 5.75 Å². The molecular weight excluding hydrogens is 413 g/mol. The molecule has 3 rings (SSSR count). The van der Waals surface area contributed by atoms with Gasteiger partial charge in [-0.2, -0.15) is 0 Å². The number of aromatic nitrogens is 1. The van der Waals surface area contributed by atoms with E-state index < -0.39 is 30.1 Å². The Bertz CT molecular complexity index is 1110. The average Bonchev–Trinajstić information content (AvgIpc) is 2.72. The number of rotatable bonds is 6. The molecule has 1 atom stereocenters. The maximum atomic E-state index is 12.2. The second kappa shape index (κ2) is 9.29. The quantitative estimate of drug-likeness (QED) is 0.453. The third-order valence-corrected chi connectivity index (χ3v) is 4.08. The molecule has 0 aliphatic heterocycles. The van der Waals surface area contributed by atoms with Gasteiger partial charge >= 0.3 is 12.3 Å². The van der Waals surface area contributed by atoms with Gasteiger partial charge in [-0.1, -0.05) is 24.3 Å². The Morgan fingerprint density at radius 2 is 1.77 bits per heavy atom. The molecule has 0 saturated heterocycles. The van der Waals surface area contributed by atoms with E-state index in [0.717, 1.165) is 23.0 Å². The van der Waals surface area contributed by atoms with Crippen LogP contribution in [0.25, 0.3) is 17.0 Å². The summed E-state index contributed by atoms with van der Waals surface area (Å²) < 4.78 is 45.4. The number of alkyl halides is 3. The number of para-hydroxylation sites is 1. The number of hydrogen-bond donors (Lipinski definition) is 1. The van der Waals surface area contributed by atoms with Crippen molar-refractivity contribution in [2.24, 2.45) is 0 Å². The summed E-state index contributed by atoms with van der Waals surface area (Å²) >= 11 is 0. The van der Waals surface area contributed by atoms with Crippen molar-refractivity contribution in [3.8, 4) is 5.75 Å². The summed E-state index contributed by atoms with van der Waals surface area (Å²) in [5, 5.41) is 3.36. The van der Waals surface area contributed by atoms with Gasteiger partial charge in [0.1, 0.15) is 5.75 Å². The van der Waals surface area contributed by atoms with Crippen LogP contribution in [-0.4, -0.2) is 29.3 Å². The Labute approximate surface area is 175 Å². The van der Waals surface area contributed by atoms with Crippen LogP contribution >= 0.6 is 0 Å². The summed E-state index contributed by atoms with van der Waals surface area (Å²) in [6.07, 6.45) is -1.55. The molecule has 0 bridgehead atoms. The van der Waals surface area contributed by atoms with Gasteiger partial charge in [-0.25, -0.2) is 4.79 Å². The van der Waals surface area contributed by atoms with Gasteiger partial charge in [-0.05, 0) is 43.3 Å². The summed E-state index contributed by atoms with van der Waals surface area (Å²) in [4.78, 5) is 28.5. The van der Waals surface area contributed by atoms with Crippen molar-refractivity contribution in [3.05, 3.63) is 72.4 Å². The number of benzene rings is 2. The minimum Gasteiger partial charge on any atom is -0.449 e. The molecular formula is C22H17F3N2O4. The highest BCUT2D eigenvalue weighted by Crippen LogP contribution is 2.24. The predicted molar refractivity (Wildman–Crippen MR) is 108 cm³/mol. The van der Waals surface area contributed by atoms with Gasteiger partial charge in [0.15, 0.2) is 6.10 Å². The zero-order valence-electron chi connectivity index (χ0n) is 16.2. The van der Waals surface area contributed by atoms with Gasteiger partial charge < -0.3 is 14.8 Å². The molecule has 0 saturated carbocycles. The van der Waals surface area contributed by atoms with Crippen molar-refractivity contribution in [1.29, 1.82) is 0 Å². The van der Waals surface area contributed by atoms with Gasteiger partial charge in [0.2, 0.25) is 0 Å². The number of carbonyl (C=O) groups is 2. The van der Waals surface area contributed by atoms with Gasteiger partial charge in [0.05, 0.1) is 5.52 Å². The standard InChI is InChI=1S/C22H17F3N2O4/c1-14(21(29)27-17-8-10-18(11-9-17)31-22(23,24)25)30-19(28)12-7-16-5-2-4-15-6-3-13-26-20(15)16/h2-14H,1H3,(H,27,29)/b12-7+. The lowest BCUT2D eigenvalue weighted by molar-refractivity contribution is -0.274. The number of pyridine rings is 1. The molecule has 1 amide bonds. The minimum atomic E-state index is -4.80. The van der Waals surface area contributed by atoms with Crippen LogP contribution in [0.2, 0.25) is 0 Å². The number of halogens is 3. The molecule has 2 aromatic carbocycles. The van der Waals surface area contributed by atoms with Crippen molar-refractivity contribution in [2.75, 3.05) is 5.32 Å². The predicted octanol–water partition coefficient (Wildman–Crippen LogP) is 4.72. The van der Waals surface area contributed by atoms with Crippen molar-refractivity contribution < 1.29 is 32.2 Å². The molecule has 1 aromatic heterocycles. The van der Waals surface area contributed by atoms with Crippen LogP contribution in [0.3, 0.4) is 0 Å². The highest BCUT2D eigenvalue weighted by atomic mass is 19.4. The van der Waals surface area contributed by atoms with E-state index in [1.165, 1.54) is 25.1 Å². The molecule has 0 aliphatic carbocycles. The van der Waals surface area contributed by atoms with E-state index >= 15 is 0 Å². The fourth-order valence-electron chi connectivity index (χ4n) is 2.67. The number of nitrogens with one attached hydrogen (secondary N) is 1. The largest absolute Gasteiger partial charge is 0.573 e. The molecule has 1 N–H and O–H groups in total. The Morgan fingerprint density at radius 1 is 1.06 bits per heavy atom. The fourth-order valence-corrected chi connectivity index (χ4v) is 2.67. The molecule has 0 radical (unpaired) electrons. The second-order valence-corrected chi connectivity index (χ2v) is 6.40. The summed E-state index contributed by atoms with van der Waals surface area (Å²) in [5.41, 5.74) is 1.66. The molecule has 160 valence electrons.